The van der Waals surface area contributed by atoms with Crippen LogP contribution in [0, 0.1) is 0 Å². The van der Waals surface area contributed by atoms with E-state index in [9.17, 15) is 9.59 Å². The summed E-state index contributed by atoms with van der Waals surface area (Å²) < 4.78 is 4.55. The molecule has 0 aliphatic rings. The largest absolute Gasteiger partial charge is 0.460 e. The Balaban J connectivity index is 3.44. The average Bonchev–Trinajstić information content (AvgIpc) is 2.12. The Bertz CT molecular complexity index is 168. The first-order chi connectivity index (χ1) is 6.22. The number of carbonyl (C=O) groups excluding carboxylic acids is 2. The number of esters is 1. The summed E-state index contributed by atoms with van der Waals surface area (Å²) in [4.78, 5) is 21.8. The van der Waals surface area contributed by atoms with Crippen LogP contribution in [0.25, 0.3) is 0 Å². The van der Waals surface area contributed by atoms with Crippen LogP contribution in [-0.4, -0.2) is 24.9 Å². The summed E-state index contributed by atoms with van der Waals surface area (Å²) in [7, 11) is 0. The molecule has 13 heavy (non-hydrogen) atoms. The fourth-order valence-electron chi connectivity index (χ4n) is 0.920. The van der Waals surface area contributed by atoms with Crippen molar-refractivity contribution < 1.29 is 14.3 Å². The number of nitrogens with two attached hydrogens (primary N) is 1. The normalized spacial score (nSPS) is 9.69. The second-order valence-corrected chi connectivity index (χ2v) is 2.74. The third kappa shape index (κ3) is 6.28. The first kappa shape index (κ1) is 12.1. The highest BCUT2D eigenvalue weighted by molar-refractivity contribution is 6.33. The Labute approximate surface area is 78.4 Å². The van der Waals surface area contributed by atoms with E-state index in [0.717, 1.165) is 19.3 Å². The molecule has 0 rings (SSSR count). The van der Waals surface area contributed by atoms with Gasteiger partial charge in [0.2, 0.25) is 5.78 Å². The molecule has 0 atom stereocenters. The summed E-state index contributed by atoms with van der Waals surface area (Å²) in [5, 5.41) is 0. The van der Waals surface area contributed by atoms with Gasteiger partial charge in [-0.15, -0.1) is 0 Å². The first-order valence-corrected chi connectivity index (χ1v) is 4.62. The maximum Gasteiger partial charge on any atom is 0.374 e. The summed E-state index contributed by atoms with van der Waals surface area (Å²) >= 11 is 0. The van der Waals surface area contributed by atoms with Crippen LogP contribution in [0.3, 0.4) is 0 Å². The molecule has 0 aliphatic carbocycles. The minimum absolute atomic E-state index is 0.257. The zero-order chi connectivity index (χ0) is 10.1. The molecular formula is C9H17NO3. The van der Waals surface area contributed by atoms with Crippen LogP contribution in [0.5, 0.6) is 0 Å². The van der Waals surface area contributed by atoms with E-state index < -0.39 is 11.8 Å². The van der Waals surface area contributed by atoms with Crippen LogP contribution < -0.4 is 5.73 Å². The Kier molecular flexibility index (Phi) is 7.20. The third-order valence-corrected chi connectivity index (χ3v) is 1.61. The second kappa shape index (κ2) is 7.73. The van der Waals surface area contributed by atoms with Crippen LogP contribution in [0.15, 0.2) is 0 Å². The summed E-state index contributed by atoms with van der Waals surface area (Å²) in [6.07, 6.45) is 2.78. The fourth-order valence-corrected chi connectivity index (χ4v) is 0.920. The molecular weight excluding hydrogens is 170 g/mol. The molecule has 0 aromatic carbocycles. The molecule has 0 radical (unpaired) electrons. The highest BCUT2D eigenvalue weighted by Gasteiger charge is 2.13. The van der Waals surface area contributed by atoms with Crippen molar-refractivity contribution in [2.45, 2.75) is 32.6 Å². The second-order valence-electron chi connectivity index (χ2n) is 2.74. The van der Waals surface area contributed by atoms with E-state index >= 15 is 0 Å². The van der Waals surface area contributed by atoms with Crippen LogP contribution in [-0.2, 0) is 14.3 Å². The zero-order valence-electron chi connectivity index (χ0n) is 8.04. The predicted molar refractivity (Wildman–Crippen MR) is 49.2 cm³/mol. The number of hydrogen-bond donors (Lipinski definition) is 1. The lowest BCUT2D eigenvalue weighted by Crippen LogP contribution is -2.16. The Morgan fingerprint density at radius 3 is 2.46 bits per heavy atom. The topological polar surface area (TPSA) is 69.4 Å². The number of carbonyl (C=O) groups is 2. The van der Waals surface area contributed by atoms with Gasteiger partial charge in [-0.3, -0.25) is 4.79 Å². The minimum Gasteiger partial charge on any atom is -0.460 e. The van der Waals surface area contributed by atoms with Gasteiger partial charge in [-0.1, -0.05) is 6.42 Å². The van der Waals surface area contributed by atoms with Crippen LogP contribution in [0.2, 0.25) is 0 Å². The molecule has 0 unspecified atom stereocenters. The molecule has 4 nitrogen and oxygen atoms in total. The van der Waals surface area contributed by atoms with Gasteiger partial charge in [-0.25, -0.2) is 4.79 Å². The van der Waals surface area contributed by atoms with E-state index in [4.69, 9.17) is 5.73 Å². The number of hydrogen-bond acceptors (Lipinski definition) is 4. The predicted octanol–water partition coefficient (Wildman–Crippen LogP) is 0.638. The summed E-state index contributed by atoms with van der Waals surface area (Å²) in [6.45, 7) is 2.57. The maximum atomic E-state index is 11.0. The molecule has 0 bridgehead atoms. The molecule has 2 N–H and O–H groups in total. The quantitative estimate of drug-likeness (QED) is 0.360. The van der Waals surface area contributed by atoms with Crippen molar-refractivity contribution >= 4 is 11.8 Å². The summed E-state index contributed by atoms with van der Waals surface area (Å²) in [5.41, 5.74) is 5.28. The third-order valence-electron chi connectivity index (χ3n) is 1.61. The number of unbranched alkanes of at least 4 members (excludes halogenated alkanes) is 2. The van der Waals surface area contributed by atoms with Gasteiger partial charge in [0.15, 0.2) is 0 Å². The average molecular weight is 187 g/mol. The van der Waals surface area contributed by atoms with Gasteiger partial charge >= 0.3 is 5.97 Å². The first-order valence-electron chi connectivity index (χ1n) is 4.62. The van der Waals surface area contributed by atoms with E-state index in [1.807, 2.05) is 0 Å². The van der Waals surface area contributed by atoms with E-state index in [1.165, 1.54) is 0 Å². The molecule has 0 aromatic rings. The monoisotopic (exact) mass is 187 g/mol. The zero-order valence-corrected chi connectivity index (χ0v) is 8.04. The highest BCUT2D eigenvalue weighted by Crippen LogP contribution is 2.00. The smallest absolute Gasteiger partial charge is 0.374 e. The molecule has 0 aromatic heterocycles. The summed E-state index contributed by atoms with van der Waals surface area (Å²) in [6, 6.07) is 0. The van der Waals surface area contributed by atoms with Crippen molar-refractivity contribution in [1.29, 1.82) is 0 Å². The van der Waals surface area contributed by atoms with Gasteiger partial charge in [0, 0.05) is 6.42 Å². The molecule has 0 heterocycles. The van der Waals surface area contributed by atoms with Gasteiger partial charge in [0.05, 0.1) is 6.61 Å². The van der Waals surface area contributed by atoms with Crippen molar-refractivity contribution in [2.75, 3.05) is 13.2 Å². The fraction of sp³-hybridized carbons (Fsp3) is 0.778. The van der Waals surface area contributed by atoms with E-state index in [-0.39, 0.29) is 13.0 Å². The van der Waals surface area contributed by atoms with Crippen LogP contribution in [0.1, 0.15) is 32.6 Å². The van der Waals surface area contributed by atoms with Gasteiger partial charge in [0.25, 0.3) is 0 Å². The molecule has 0 fully saturated rings. The van der Waals surface area contributed by atoms with Gasteiger partial charge in [0.1, 0.15) is 0 Å². The molecule has 0 saturated heterocycles. The van der Waals surface area contributed by atoms with Crippen molar-refractivity contribution in [1.82, 2.24) is 0 Å². The standard InChI is InChI=1S/C9H17NO3/c1-2-13-9(12)8(11)6-4-3-5-7-10/h2-7,10H2,1H3. The Morgan fingerprint density at radius 1 is 1.23 bits per heavy atom. The molecule has 76 valence electrons. The van der Waals surface area contributed by atoms with Crippen LogP contribution in [0.4, 0.5) is 0 Å². The maximum absolute atomic E-state index is 11.0. The lowest BCUT2D eigenvalue weighted by molar-refractivity contribution is -0.153. The minimum atomic E-state index is -0.713. The van der Waals surface area contributed by atoms with Gasteiger partial charge in [-0.05, 0) is 26.3 Å². The Hall–Kier alpha value is -0.900. The lowest BCUT2D eigenvalue weighted by atomic mass is 10.1. The van der Waals surface area contributed by atoms with E-state index in [1.54, 1.807) is 6.92 Å². The van der Waals surface area contributed by atoms with E-state index in [0.29, 0.717) is 6.54 Å². The highest BCUT2D eigenvalue weighted by atomic mass is 16.5. The number of rotatable bonds is 7. The van der Waals surface area contributed by atoms with Gasteiger partial charge < -0.3 is 10.5 Å². The van der Waals surface area contributed by atoms with Crippen molar-refractivity contribution in [3.8, 4) is 0 Å². The molecule has 0 aliphatic heterocycles. The van der Waals surface area contributed by atoms with Crippen molar-refractivity contribution in [3.63, 3.8) is 0 Å². The van der Waals surface area contributed by atoms with Gasteiger partial charge in [-0.2, -0.15) is 0 Å². The lowest BCUT2D eigenvalue weighted by Gasteiger charge is -2.00. The molecule has 0 amide bonds. The van der Waals surface area contributed by atoms with Crippen molar-refractivity contribution in [2.24, 2.45) is 5.73 Å². The SMILES string of the molecule is CCOC(=O)C(=O)CCCCCN. The molecule has 4 heteroatoms. The Morgan fingerprint density at radius 2 is 1.92 bits per heavy atom. The van der Waals surface area contributed by atoms with E-state index in [2.05, 4.69) is 4.74 Å². The summed E-state index contributed by atoms with van der Waals surface area (Å²) in [5.74, 6) is -1.14. The van der Waals surface area contributed by atoms with Crippen molar-refractivity contribution in [3.05, 3.63) is 0 Å². The number of ketones is 1. The number of ether oxygens (including phenoxy) is 1. The van der Waals surface area contributed by atoms with Crippen LogP contribution >= 0.6 is 0 Å². The molecule has 0 saturated carbocycles. The number of Topliss-reactive ketones (excluding diaryl/α,β-unsaturated/α-hetero) is 1. The molecule has 0 spiro atoms.